The monoisotopic (exact) mass is 194 g/mol. The lowest BCUT2D eigenvalue weighted by Crippen LogP contribution is -2.59. The lowest BCUT2D eigenvalue weighted by Gasteiger charge is -2.43. The van der Waals surface area contributed by atoms with Crippen LogP contribution in [0.25, 0.3) is 0 Å². The van der Waals surface area contributed by atoms with Crippen LogP contribution >= 0.6 is 0 Å². The molecular formula is C11H18N2O. The first-order valence-corrected chi connectivity index (χ1v) is 5.38. The Morgan fingerprint density at radius 2 is 2.50 bits per heavy atom. The van der Waals surface area contributed by atoms with Gasteiger partial charge in [0.25, 0.3) is 0 Å². The normalized spacial score (nSPS) is 32.9. The first kappa shape index (κ1) is 9.97. The summed E-state index contributed by atoms with van der Waals surface area (Å²) in [6, 6.07) is 0.540. The van der Waals surface area contributed by atoms with Crippen molar-refractivity contribution in [1.29, 1.82) is 0 Å². The van der Waals surface area contributed by atoms with E-state index in [4.69, 9.17) is 4.74 Å². The van der Waals surface area contributed by atoms with E-state index in [9.17, 15) is 0 Å². The highest BCUT2D eigenvalue weighted by Gasteiger charge is 2.33. The van der Waals surface area contributed by atoms with Crippen LogP contribution < -0.4 is 5.32 Å². The number of fused-ring (bicyclic) bond motifs is 1. The fourth-order valence-corrected chi connectivity index (χ4v) is 2.24. The maximum absolute atomic E-state index is 5.76. The molecule has 2 saturated heterocycles. The second-order valence-corrected chi connectivity index (χ2v) is 3.87. The Morgan fingerprint density at radius 3 is 3.36 bits per heavy atom. The molecule has 0 aliphatic carbocycles. The summed E-state index contributed by atoms with van der Waals surface area (Å²) in [6.07, 6.45) is 1.57. The van der Waals surface area contributed by atoms with Crippen molar-refractivity contribution < 1.29 is 4.74 Å². The third-order valence-electron chi connectivity index (χ3n) is 3.03. The SMILES string of the molecule is CC#CCN1CCOC2CCNCC21. The number of nitrogens with one attached hydrogen (secondary N) is 1. The lowest BCUT2D eigenvalue weighted by atomic mass is 10.0. The van der Waals surface area contributed by atoms with Crippen molar-refractivity contribution in [2.75, 3.05) is 32.8 Å². The lowest BCUT2D eigenvalue weighted by molar-refractivity contribution is -0.0777. The average molecular weight is 194 g/mol. The van der Waals surface area contributed by atoms with Crippen molar-refractivity contribution in [2.24, 2.45) is 0 Å². The molecule has 0 radical (unpaired) electrons. The molecule has 0 saturated carbocycles. The van der Waals surface area contributed by atoms with Crippen molar-refractivity contribution in [1.82, 2.24) is 10.2 Å². The molecule has 2 aliphatic heterocycles. The quantitative estimate of drug-likeness (QED) is 0.598. The van der Waals surface area contributed by atoms with Gasteiger partial charge in [-0.1, -0.05) is 5.92 Å². The molecule has 2 atom stereocenters. The molecule has 1 N–H and O–H groups in total. The van der Waals surface area contributed by atoms with Crippen LogP contribution in [0, 0.1) is 11.8 Å². The van der Waals surface area contributed by atoms with Gasteiger partial charge in [0.2, 0.25) is 0 Å². The topological polar surface area (TPSA) is 24.5 Å². The number of ether oxygens (including phenoxy) is 1. The van der Waals surface area contributed by atoms with E-state index in [1.807, 2.05) is 6.92 Å². The van der Waals surface area contributed by atoms with E-state index < -0.39 is 0 Å². The predicted molar refractivity (Wildman–Crippen MR) is 56.0 cm³/mol. The van der Waals surface area contributed by atoms with Gasteiger partial charge >= 0.3 is 0 Å². The molecule has 2 heterocycles. The summed E-state index contributed by atoms with van der Waals surface area (Å²) in [5.41, 5.74) is 0. The van der Waals surface area contributed by atoms with E-state index in [1.165, 1.54) is 0 Å². The molecule has 0 bridgehead atoms. The summed E-state index contributed by atoms with van der Waals surface area (Å²) in [7, 11) is 0. The molecule has 2 aliphatic rings. The Balaban J connectivity index is 1.96. The van der Waals surface area contributed by atoms with E-state index >= 15 is 0 Å². The van der Waals surface area contributed by atoms with Crippen LogP contribution in [-0.4, -0.2) is 49.8 Å². The highest BCUT2D eigenvalue weighted by Crippen LogP contribution is 2.18. The molecular weight excluding hydrogens is 176 g/mol. The molecule has 78 valence electrons. The van der Waals surface area contributed by atoms with E-state index in [1.54, 1.807) is 0 Å². The third kappa shape index (κ3) is 2.09. The zero-order valence-corrected chi connectivity index (χ0v) is 8.75. The molecule has 2 fully saturated rings. The average Bonchev–Trinajstić information content (AvgIpc) is 2.26. The number of hydrogen-bond acceptors (Lipinski definition) is 3. The van der Waals surface area contributed by atoms with Crippen LogP contribution in [-0.2, 0) is 4.74 Å². The Hall–Kier alpha value is -0.560. The minimum atomic E-state index is 0.434. The molecule has 0 amide bonds. The van der Waals surface area contributed by atoms with Crippen LogP contribution in [0.4, 0.5) is 0 Å². The fraction of sp³-hybridized carbons (Fsp3) is 0.818. The molecule has 3 nitrogen and oxygen atoms in total. The third-order valence-corrected chi connectivity index (χ3v) is 3.03. The van der Waals surface area contributed by atoms with Crippen molar-refractivity contribution in [3.8, 4) is 11.8 Å². The summed E-state index contributed by atoms with van der Waals surface area (Å²) in [6.45, 7) is 6.83. The summed E-state index contributed by atoms with van der Waals surface area (Å²) >= 11 is 0. The Kier molecular flexibility index (Phi) is 3.41. The van der Waals surface area contributed by atoms with Gasteiger partial charge in [-0.25, -0.2) is 0 Å². The van der Waals surface area contributed by atoms with Crippen molar-refractivity contribution in [3.63, 3.8) is 0 Å². The molecule has 3 heteroatoms. The Bertz CT molecular complexity index is 241. The van der Waals surface area contributed by atoms with Crippen LogP contribution in [0.15, 0.2) is 0 Å². The van der Waals surface area contributed by atoms with Gasteiger partial charge in [-0.05, 0) is 19.9 Å². The minimum Gasteiger partial charge on any atom is -0.375 e. The maximum atomic E-state index is 5.76. The molecule has 2 rings (SSSR count). The smallest absolute Gasteiger partial charge is 0.0755 e. The second-order valence-electron chi connectivity index (χ2n) is 3.87. The van der Waals surface area contributed by atoms with Crippen LogP contribution in [0.5, 0.6) is 0 Å². The maximum Gasteiger partial charge on any atom is 0.0755 e. The molecule has 0 spiro atoms. The van der Waals surface area contributed by atoms with Gasteiger partial charge in [0, 0.05) is 19.1 Å². The van der Waals surface area contributed by atoms with Gasteiger partial charge in [0.15, 0.2) is 0 Å². The zero-order valence-electron chi connectivity index (χ0n) is 8.75. The van der Waals surface area contributed by atoms with E-state index in [0.717, 1.165) is 39.2 Å². The Morgan fingerprint density at radius 1 is 1.57 bits per heavy atom. The Labute approximate surface area is 85.8 Å². The molecule has 0 aromatic rings. The van der Waals surface area contributed by atoms with Crippen LogP contribution in [0.3, 0.4) is 0 Å². The zero-order chi connectivity index (χ0) is 9.80. The van der Waals surface area contributed by atoms with Gasteiger partial charge in [-0.2, -0.15) is 0 Å². The number of piperidine rings is 1. The predicted octanol–water partition coefficient (Wildman–Crippen LogP) is 0.0724. The molecule has 0 aromatic carbocycles. The number of hydrogen-bond donors (Lipinski definition) is 1. The van der Waals surface area contributed by atoms with Crippen LogP contribution in [0.1, 0.15) is 13.3 Å². The summed E-state index contributed by atoms with van der Waals surface area (Å²) < 4.78 is 5.76. The van der Waals surface area contributed by atoms with Crippen LogP contribution in [0.2, 0.25) is 0 Å². The first-order chi connectivity index (χ1) is 6.92. The minimum absolute atomic E-state index is 0.434. The number of rotatable bonds is 1. The van der Waals surface area contributed by atoms with Gasteiger partial charge in [-0.15, -0.1) is 5.92 Å². The van der Waals surface area contributed by atoms with Crippen molar-refractivity contribution >= 4 is 0 Å². The second kappa shape index (κ2) is 4.79. The highest BCUT2D eigenvalue weighted by atomic mass is 16.5. The van der Waals surface area contributed by atoms with E-state index in [0.29, 0.717) is 12.1 Å². The largest absolute Gasteiger partial charge is 0.375 e. The molecule has 2 unspecified atom stereocenters. The number of morpholine rings is 1. The number of nitrogens with zero attached hydrogens (tertiary/aromatic N) is 1. The van der Waals surface area contributed by atoms with Gasteiger partial charge in [0.1, 0.15) is 0 Å². The summed E-state index contributed by atoms with van der Waals surface area (Å²) in [5, 5.41) is 3.42. The van der Waals surface area contributed by atoms with Crippen molar-refractivity contribution in [2.45, 2.75) is 25.5 Å². The fourth-order valence-electron chi connectivity index (χ4n) is 2.24. The molecule has 0 aromatic heterocycles. The van der Waals surface area contributed by atoms with Crippen molar-refractivity contribution in [3.05, 3.63) is 0 Å². The molecule has 14 heavy (non-hydrogen) atoms. The summed E-state index contributed by atoms with van der Waals surface area (Å²) in [5.74, 6) is 6.10. The van der Waals surface area contributed by atoms with Gasteiger partial charge in [-0.3, -0.25) is 4.90 Å². The van der Waals surface area contributed by atoms with E-state index in [-0.39, 0.29) is 0 Å². The van der Waals surface area contributed by atoms with Gasteiger partial charge < -0.3 is 10.1 Å². The van der Waals surface area contributed by atoms with Gasteiger partial charge in [0.05, 0.1) is 19.3 Å². The van der Waals surface area contributed by atoms with E-state index in [2.05, 4.69) is 22.1 Å². The standard InChI is InChI=1S/C11H18N2O/c1-2-3-6-13-7-8-14-11-4-5-12-9-10(11)13/h10-12H,4-9H2,1H3. The summed E-state index contributed by atoms with van der Waals surface area (Å²) in [4.78, 5) is 2.44. The first-order valence-electron chi connectivity index (χ1n) is 5.38. The highest BCUT2D eigenvalue weighted by molar-refractivity contribution is 5.01.